The van der Waals surface area contributed by atoms with Gasteiger partial charge in [0.2, 0.25) is 5.89 Å². The normalized spacial score (nSPS) is 10.9. The van der Waals surface area contributed by atoms with Crippen LogP contribution in [0.1, 0.15) is 10.4 Å². The Morgan fingerprint density at radius 2 is 1.82 bits per heavy atom. The maximum Gasteiger partial charge on any atom is 0.258 e. The van der Waals surface area contributed by atoms with Crippen molar-refractivity contribution in [3.63, 3.8) is 0 Å². The molecule has 0 atom stereocenters. The fraction of sp³-hybridized carbons (Fsp3) is 0. The molecular weight excluding hydrogens is 502 g/mol. The van der Waals surface area contributed by atoms with Gasteiger partial charge in [-0.2, -0.15) is 0 Å². The fourth-order valence-electron chi connectivity index (χ4n) is 3.52. The summed E-state index contributed by atoms with van der Waals surface area (Å²) in [5, 5.41) is 17.5. The molecule has 5 aromatic rings. The molecule has 0 aliphatic rings. The summed E-state index contributed by atoms with van der Waals surface area (Å²) in [6, 6.07) is 23.6. The molecule has 0 spiro atoms. The fourth-order valence-corrected chi connectivity index (χ4v) is 4.11. The van der Waals surface area contributed by atoms with Gasteiger partial charge in [0.15, 0.2) is 10.7 Å². The van der Waals surface area contributed by atoms with E-state index in [1.807, 2.05) is 36.4 Å². The van der Waals surface area contributed by atoms with E-state index in [1.165, 1.54) is 0 Å². The SMILES string of the molecule is O=C(NC(=S)Nc1ccc2oc(-c3ccc(O)c(Br)c3)nc2c1)c1cccc2ccccc12. The molecular formula is C25H16BrN3O3S. The van der Waals surface area contributed by atoms with Gasteiger partial charge in [-0.05, 0) is 81.4 Å². The van der Waals surface area contributed by atoms with Crippen LogP contribution in [0.25, 0.3) is 33.3 Å². The first kappa shape index (κ1) is 21.1. The van der Waals surface area contributed by atoms with Gasteiger partial charge in [0, 0.05) is 16.8 Å². The van der Waals surface area contributed by atoms with Gasteiger partial charge in [0.05, 0.1) is 4.47 Å². The lowest BCUT2D eigenvalue weighted by atomic mass is 10.0. The number of anilines is 1. The smallest absolute Gasteiger partial charge is 0.258 e. The molecule has 0 unspecified atom stereocenters. The lowest BCUT2D eigenvalue weighted by Crippen LogP contribution is -2.34. The predicted octanol–water partition coefficient (Wildman–Crippen LogP) is 6.24. The third-order valence-electron chi connectivity index (χ3n) is 5.10. The number of phenols is 1. The number of thiocarbonyl (C=S) groups is 1. The van der Waals surface area contributed by atoms with Crippen LogP contribution in [0.15, 0.2) is 87.8 Å². The Morgan fingerprint density at radius 1 is 1.00 bits per heavy atom. The number of hydrogen-bond acceptors (Lipinski definition) is 5. The number of nitrogens with zero attached hydrogens (tertiary/aromatic N) is 1. The van der Waals surface area contributed by atoms with Gasteiger partial charge >= 0.3 is 0 Å². The lowest BCUT2D eigenvalue weighted by Gasteiger charge is -2.11. The predicted molar refractivity (Wildman–Crippen MR) is 136 cm³/mol. The van der Waals surface area contributed by atoms with Crippen molar-refractivity contribution in [3.05, 3.63) is 88.9 Å². The van der Waals surface area contributed by atoms with Crippen LogP contribution in [0.5, 0.6) is 5.75 Å². The summed E-state index contributed by atoms with van der Waals surface area (Å²) in [4.78, 5) is 17.3. The number of oxazole rings is 1. The Hall–Kier alpha value is -3.75. The minimum Gasteiger partial charge on any atom is -0.507 e. The maximum atomic E-state index is 12.8. The van der Waals surface area contributed by atoms with E-state index < -0.39 is 0 Å². The molecule has 3 N–H and O–H groups in total. The molecule has 33 heavy (non-hydrogen) atoms. The molecule has 0 aliphatic carbocycles. The second-order valence-electron chi connectivity index (χ2n) is 7.30. The average molecular weight is 518 g/mol. The van der Waals surface area contributed by atoms with Gasteiger partial charge in [-0.25, -0.2) is 4.98 Å². The molecule has 162 valence electrons. The van der Waals surface area contributed by atoms with E-state index in [0.717, 1.165) is 16.3 Å². The molecule has 0 saturated heterocycles. The molecule has 0 saturated carbocycles. The first-order chi connectivity index (χ1) is 16.0. The number of rotatable bonds is 3. The minimum absolute atomic E-state index is 0.139. The monoisotopic (exact) mass is 517 g/mol. The molecule has 5 rings (SSSR count). The van der Waals surface area contributed by atoms with Crippen molar-refractivity contribution in [1.82, 2.24) is 10.3 Å². The molecule has 1 amide bonds. The van der Waals surface area contributed by atoms with E-state index in [9.17, 15) is 9.90 Å². The zero-order valence-corrected chi connectivity index (χ0v) is 19.4. The van der Waals surface area contributed by atoms with Gasteiger partial charge in [-0.1, -0.05) is 36.4 Å². The largest absolute Gasteiger partial charge is 0.507 e. The summed E-state index contributed by atoms with van der Waals surface area (Å²) in [6.07, 6.45) is 0. The number of amides is 1. The molecule has 1 aromatic heterocycles. The number of carbonyl (C=O) groups is 1. The summed E-state index contributed by atoms with van der Waals surface area (Å²) in [5.41, 5.74) is 3.17. The van der Waals surface area contributed by atoms with Crippen LogP contribution >= 0.6 is 28.1 Å². The van der Waals surface area contributed by atoms with Gasteiger partial charge in [0.1, 0.15) is 11.3 Å². The topological polar surface area (TPSA) is 87.4 Å². The van der Waals surface area contributed by atoms with Crippen molar-refractivity contribution < 1.29 is 14.3 Å². The number of carbonyl (C=O) groups excluding carboxylic acids is 1. The first-order valence-electron chi connectivity index (χ1n) is 9.97. The number of nitrogens with one attached hydrogen (secondary N) is 2. The number of benzene rings is 4. The van der Waals surface area contributed by atoms with Crippen molar-refractivity contribution in [1.29, 1.82) is 0 Å². The molecule has 6 nitrogen and oxygen atoms in total. The van der Waals surface area contributed by atoms with E-state index in [0.29, 0.717) is 32.7 Å². The Labute approximate surface area is 202 Å². The lowest BCUT2D eigenvalue weighted by molar-refractivity contribution is 0.0979. The van der Waals surface area contributed by atoms with Gasteiger partial charge in [0.25, 0.3) is 5.91 Å². The summed E-state index contributed by atoms with van der Waals surface area (Å²) >= 11 is 8.65. The zero-order valence-electron chi connectivity index (χ0n) is 17.0. The van der Waals surface area contributed by atoms with Gasteiger partial charge in [-0.3, -0.25) is 10.1 Å². The minimum atomic E-state index is -0.285. The van der Waals surface area contributed by atoms with E-state index in [1.54, 1.807) is 42.5 Å². The van der Waals surface area contributed by atoms with E-state index in [4.69, 9.17) is 16.6 Å². The second kappa shape index (κ2) is 8.65. The molecule has 0 fully saturated rings. The van der Waals surface area contributed by atoms with Crippen molar-refractivity contribution in [2.24, 2.45) is 0 Å². The molecule has 8 heteroatoms. The van der Waals surface area contributed by atoms with Crippen LogP contribution in [0.4, 0.5) is 5.69 Å². The third-order valence-corrected chi connectivity index (χ3v) is 5.94. The highest BCUT2D eigenvalue weighted by atomic mass is 79.9. The maximum absolute atomic E-state index is 12.8. The summed E-state index contributed by atoms with van der Waals surface area (Å²) in [6.45, 7) is 0. The van der Waals surface area contributed by atoms with Crippen LogP contribution < -0.4 is 10.6 Å². The molecule has 1 heterocycles. The summed E-state index contributed by atoms with van der Waals surface area (Å²) in [5.74, 6) is 0.280. The Morgan fingerprint density at radius 3 is 2.67 bits per heavy atom. The van der Waals surface area contributed by atoms with Gasteiger partial charge in [-0.15, -0.1) is 0 Å². The summed E-state index contributed by atoms with van der Waals surface area (Å²) in [7, 11) is 0. The molecule has 0 aliphatic heterocycles. The zero-order chi connectivity index (χ0) is 22.9. The van der Waals surface area contributed by atoms with Crippen LogP contribution in [0.2, 0.25) is 0 Å². The number of aromatic nitrogens is 1. The Bertz CT molecular complexity index is 1540. The van der Waals surface area contributed by atoms with E-state index in [2.05, 4.69) is 31.5 Å². The standard InChI is InChI=1S/C25H16BrN3O3S/c26-19-12-15(8-10-21(19)30)24-28-20-13-16(9-11-22(20)32-24)27-25(33)29-23(31)18-7-3-5-14-4-1-2-6-17(14)18/h1-13,30H,(H2,27,29,31,33). The van der Waals surface area contributed by atoms with Crippen molar-refractivity contribution >= 4 is 66.7 Å². The number of fused-ring (bicyclic) bond motifs is 2. The van der Waals surface area contributed by atoms with Gasteiger partial charge < -0.3 is 14.8 Å². The van der Waals surface area contributed by atoms with E-state index in [-0.39, 0.29) is 16.8 Å². The molecule has 0 radical (unpaired) electrons. The van der Waals surface area contributed by atoms with Crippen molar-refractivity contribution in [2.75, 3.05) is 5.32 Å². The number of phenolic OH excluding ortho intramolecular Hbond substituents is 1. The first-order valence-corrected chi connectivity index (χ1v) is 11.2. The highest BCUT2D eigenvalue weighted by molar-refractivity contribution is 9.10. The highest BCUT2D eigenvalue weighted by Crippen LogP contribution is 2.31. The van der Waals surface area contributed by atoms with Crippen LogP contribution in [0, 0.1) is 0 Å². The van der Waals surface area contributed by atoms with E-state index >= 15 is 0 Å². The van der Waals surface area contributed by atoms with Crippen molar-refractivity contribution in [2.45, 2.75) is 0 Å². The Kier molecular flexibility index (Phi) is 5.53. The second-order valence-corrected chi connectivity index (χ2v) is 8.57. The number of aromatic hydroxyl groups is 1. The molecule has 4 aromatic carbocycles. The van der Waals surface area contributed by atoms with Crippen LogP contribution in [-0.2, 0) is 0 Å². The van der Waals surface area contributed by atoms with Crippen LogP contribution in [0.3, 0.4) is 0 Å². The summed E-state index contributed by atoms with van der Waals surface area (Å²) < 4.78 is 6.38. The number of halogens is 1. The number of hydrogen-bond donors (Lipinski definition) is 3. The molecule has 0 bridgehead atoms. The van der Waals surface area contributed by atoms with Crippen LogP contribution in [-0.4, -0.2) is 21.1 Å². The third kappa shape index (κ3) is 4.30. The Balaban J connectivity index is 1.33. The quantitative estimate of drug-likeness (QED) is 0.245. The highest BCUT2D eigenvalue weighted by Gasteiger charge is 2.13. The van der Waals surface area contributed by atoms with Crippen molar-refractivity contribution in [3.8, 4) is 17.2 Å². The average Bonchev–Trinajstić information content (AvgIpc) is 3.24.